The summed E-state index contributed by atoms with van der Waals surface area (Å²) in [4.78, 5) is 29.9. The number of amides is 2. The van der Waals surface area contributed by atoms with E-state index in [9.17, 15) is 14.0 Å². The Balaban J connectivity index is 1.64. The predicted molar refractivity (Wildman–Crippen MR) is 92.5 cm³/mol. The van der Waals surface area contributed by atoms with E-state index in [2.05, 4.69) is 20.6 Å². The summed E-state index contributed by atoms with van der Waals surface area (Å²) in [5.41, 5.74) is 0.204. The van der Waals surface area contributed by atoms with Crippen molar-refractivity contribution in [1.82, 2.24) is 30.2 Å². The number of nitrogens with one attached hydrogen (secondary N) is 1. The SMILES string of the molecule is COCCNC(=O)c1cn(C[C@@H]2CCCN2C(=O)c2ccncc2F)nn1. The van der Waals surface area contributed by atoms with Crippen LogP contribution in [0.4, 0.5) is 4.39 Å². The van der Waals surface area contributed by atoms with Gasteiger partial charge in [0.1, 0.15) is 0 Å². The summed E-state index contributed by atoms with van der Waals surface area (Å²) in [7, 11) is 1.55. The number of methoxy groups -OCH3 is 1. The molecule has 3 rings (SSSR count). The fourth-order valence-electron chi connectivity index (χ4n) is 3.06. The van der Waals surface area contributed by atoms with Crippen LogP contribution in [0.15, 0.2) is 24.7 Å². The molecule has 9 nitrogen and oxygen atoms in total. The molecule has 2 aromatic heterocycles. The molecule has 0 saturated carbocycles. The van der Waals surface area contributed by atoms with Crippen molar-refractivity contribution in [1.29, 1.82) is 0 Å². The van der Waals surface area contributed by atoms with Crippen molar-refractivity contribution in [2.45, 2.75) is 25.4 Å². The maximum Gasteiger partial charge on any atom is 0.273 e. The van der Waals surface area contributed by atoms with E-state index >= 15 is 0 Å². The molecular weight excluding hydrogens is 355 g/mol. The zero-order valence-corrected chi connectivity index (χ0v) is 15.0. The van der Waals surface area contributed by atoms with Gasteiger partial charge in [-0.1, -0.05) is 5.21 Å². The normalized spacial score (nSPS) is 16.5. The highest BCUT2D eigenvalue weighted by atomic mass is 19.1. The minimum Gasteiger partial charge on any atom is -0.383 e. The highest BCUT2D eigenvalue weighted by Crippen LogP contribution is 2.22. The lowest BCUT2D eigenvalue weighted by molar-refractivity contribution is 0.0716. The summed E-state index contributed by atoms with van der Waals surface area (Å²) < 4.78 is 20.3. The number of nitrogens with zero attached hydrogens (tertiary/aromatic N) is 5. The van der Waals surface area contributed by atoms with E-state index in [0.717, 1.165) is 19.0 Å². The van der Waals surface area contributed by atoms with E-state index in [1.54, 1.807) is 12.0 Å². The van der Waals surface area contributed by atoms with E-state index in [1.807, 2.05) is 0 Å². The molecule has 0 radical (unpaired) electrons. The Morgan fingerprint density at radius 1 is 1.44 bits per heavy atom. The van der Waals surface area contributed by atoms with Crippen LogP contribution in [-0.4, -0.2) is 69.5 Å². The van der Waals surface area contributed by atoms with Crippen LogP contribution in [0, 0.1) is 5.82 Å². The summed E-state index contributed by atoms with van der Waals surface area (Å²) in [6, 6.07) is 1.24. The molecule has 3 heterocycles. The third kappa shape index (κ3) is 4.45. The maximum atomic E-state index is 13.9. The Bertz CT molecular complexity index is 811. The molecule has 144 valence electrons. The molecule has 2 amide bonds. The summed E-state index contributed by atoms with van der Waals surface area (Å²) in [5, 5.41) is 10.5. The Kier molecular flexibility index (Phi) is 6.07. The number of ether oxygens (including phenoxy) is 1. The summed E-state index contributed by atoms with van der Waals surface area (Å²) in [6.07, 6.45) is 5.56. The Hall–Kier alpha value is -2.88. The molecule has 1 fully saturated rings. The molecular formula is C17H21FN6O3. The molecule has 27 heavy (non-hydrogen) atoms. The predicted octanol–water partition coefficient (Wildman–Crippen LogP) is 0.493. The first-order valence-corrected chi connectivity index (χ1v) is 8.68. The van der Waals surface area contributed by atoms with Crippen LogP contribution in [-0.2, 0) is 11.3 Å². The van der Waals surface area contributed by atoms with Crippen molar-refractivity contribution in [3.05, 3.63) is 41.7 Å². The first-order valence-electron chi connectivity index (χ1n) is 8.68. The lowest BCUT2D eigenvalue weighted by Gasteiger charge is -2.24. The average molecular weight is 376 g/mol. The third-order valence-electron chi connectivity index (χ3n) is 4.40. The van der Waals surface area contributed by atoms with Gasteiger partial charge in [-0.3, -0.25) is 14.6 Å². The second-order valence-corrected chi connectivity index (χ2v) is 6.22. The molecule has 0 aromatic carbocycles. The van der Waals surface area contributed by atoms with Gasteiger partial charge in [-0.2, -0.15) is 0 Å². The monoisotopic (exact) mass is 376 g/mol. The smallest absolute Gasteiger partial charge is 0.273 e. The first-order chi connectivity index (χ1) is 13.1. The average Bonchev–Trinajstić information content (AvgIpc) is 3.32. The maximum absolute atomic E-state index is 13.9. The Labute approximate surface area is 155 Å². The second-order valence-electron chi connectivity index (χ2n) is 6.22. The zero-order valence-electron chi connectivity index (χ0n) is 15.0. The Morgan fingerprint density at radius 3 is 3.07 bits per heavy atom. The number of rotatable bonds is 7. The third-order valence-corrected chi connectivity index (χ3v) is 4.40. The van der Waals surface area contributed by atoms with Crippen LogP contribution < -0.4 is 5.32 Å². The highest BCUT2D eigenvalue weighted by molar-refractivity contribution is 5.94. The zero-order chi connectivity index (χ0) is 19.2. The lowest BCUT2D eigenvalue weighted by Crippen LogP contribution is -2.38. The van der Waals surface area contributed by atoms with Crippen molar-refractivity contribution >= 4 is 11.8 Å². The van der Waals surface area contributed by atoms with Crippen LogP contribution in [0.1, 0.15) is 33.7 Å². The molecule has 0 aliphatic carbocycles. The summed E-state index contributed by atoms with van der Waals surface area (Å²) >= 11 is 0. The van der Waals surface area contributed by atoms with Gasteiger partial charge in [0.25, 0.3) is 11.8 Å². The first kappa shape index (κ1) is 18.9. The van der Waals surface area contributed by atoms with E-state index in [-0.39, 0.29) is 29.1 Å². The standard InChI is InChI=1S/C17H21FN6O3/c1-27-8-6-20-16(25)15-11-23(22-21-15)10-12-3-2-7-24(12)17(26)13-4-5-19-9-14(13)18/h4-5,9,11-12H,2-3,6-8,10H2,1H3,(H,20,25)/t12-/m0/s1. The lowest BCUT2D eigenvalue weighted by atomic mass is 10.2. The van der Waals surface area contributed by atoms with Crippen LogP contribution in [0.3, 0.4) is 0 Å². The molecule has 1 aliphatic rings. The van der Waals surface area contributed by atoms with Gasteiger partial charge in [0.15, 0.2) is 11.5 Å². The number of aromatic nitrogens is 4. The molecule has 10 heteroatoms. The summed E-state index contributed by atoms with van der Waals surface area (Å²) in [5.74, 6) is -1.34. The van der Waals surface area contributed by atoms with Crippen molar-refractivity contribution in [2.24, 2.45) is 0 Å². The van der Waals surface area contributed by atoms with Crippen molar-refractivity contribution in [3.63, 3.8) is 0 Å². The van der Waals surface area contributed by atoms with E-state index in [4.69, 9.17) is 4.74 Å². The number of likely N-dealkylation sites (tertiary alicyclic amines) is 1. The molecule has 2 aromatic rings. The van der Waals surface area contributed by atoms with Crippen molar-refractivity contribution in [3.8, 4) is 0 Å². The quantitative estimate of drug-likeness (QED) is 0.706. The van der Waals surface area contributed by atoms with Crippen LogP contribution in [0.5, 0.6) is 0 Å². The van der Waals surface area contributed by atoms with Gasteiger partial charge in [-0.25, -0.2) is 9.07 Å². The minimum atomic E-state index is -0.635. The van der Waals surface area contributed by atoms with Crippen LogP contribution in [0.25, 0.3) is 0 Å². The van der Waals surface area contributed by atoms with Gasteiger partial charge >= 0.3 is 0 Å². The number of hydrogen-bond donors (Lipinski definition) is 1. The summed E-state index contributed by atoms with van der Waals surface area (Å²) in [6.45, 7) is 1.72. The molecule has 1 aliphatic heterocycles. The van der Waals surface area contributed by atoms with Gasteiger partial charge in [0.2, 0.25) is 0 Å². The number of carbonyl (C=O) groups is 2. The number of pyridine rings is 1. The molecule has 1 atom stereocenters. The van der Waals surface area contributed by atoms with Gasteiger partial charge in [-0.15, -0.1) is 5.10 Å². The van der Waals surface area contributed by atoms with E-state index in [0.29, 0.717) is 26.2 Å². The molecule has 1 N–H and O–H groups in total. The molecule has 1 saturated heterocycles. The second kappa shape index (κ2) is 8.67. The van der Waals surface area contributed by atoms with Gasteiger partial charge in [-0.05, 0) is 18.9 Å². The fraction of sp³-hybridized carbons (Fsp3) is 0.471. The minimum absolute atomic E-state index is 0.00806. The molecule has 0 unspecified atom stereocenters. The molecule has 0 spiro atoms. The molecule has 0 bridgehead atoms. The number of carbonyl (C=O) groups excluding carboxylic acids is 2. The van der Waals surface area contributed by atoms with Crippen LogP contribution in [0.2, 0.25) is 0 Å². The highest BCUT2D eigenvalue weighted by Gasteiger charge is 2.31. The largest absolute Gasteiger partial charge is 0.383 e. The van der Waals surface area contributed by atoms with Gasteiger partial charge in [0, 0.05) is 26.4 Å². The van der Waals surface area contributed by atoms with Crippen molar-refractivity contribution in [2.75, 3.05) is 26.8 Å². The van der Waals surface area contributed by atoms with E-state index < -0.39 is 5.82 Å². The number of halogens is 1. The van der Waals surface area contributed by atoms with Gasteiger partial charge in [0.05, 0.1) is 37.2 Å². The Morgan fingerprint density at radius 2 is 2.30 bits per heavy atom. The topological polar surface area (TPSA) is 102 Å². The number of hydrogen-bond acceptors (Lipinski definition) is 6. The fourth-order valence-corrected chi connectivity index (χ4v) is 3.06. The van der Waals surface area contributed by atoms with Crippen LogP contribution >= 0.6 is 0 Å². The van der Waals surface area contributed by atoms with Crippen molar-refractivity contribution < 1.29 is 18.7 Å². The van der Waals surface area contributed by atoms with Gasteiger partial charge < -0.3 is 15.0 Å². The van der Waals surface area contributed by atoms with E-state index in [1.165, 1.54) is 23.1 Å².